The number of rotatable bonds is 5. The number of aromatic nitrogens is 2. The summed E-state index contributed by atoms with van der Waals surface area (Å²) < 4.78 is 8.94. The summed E-state index contributed by atoms with van der Waals surface area (Å²) in [4.78, 5) is 24.1. The van der Waals surface area contributed by atoms with E-state index in [1.165, 1.54) is 32.8 Å². The molecule has 1 fully saturated rings. The second kappa shape index (κ2) is 9.11. The Morgan fingerprint density at radius 3 is 2.57 bits per heavy atom. The number of piperazine rings is 1. The number of hydrogen-bond donors (Lipinski definition) is 0. The molecule has 0 aliphatic carbocycles. The van der Waals surface area contributed by atoms with Gasteiger partial charge < -0.3 is 9.64 Å². The highest BCUT2D eigenvalue weighted by Gasteiger charge is 2.26. The van der Waals surface area contributed by atoms with Crippen molar-refractivity contribution in [1.82, 2.24) is 19.2 Å². The smallest absolute Gasteiger partial charge is 0.264 e. The molecule has 0 saturated carbocycles. The number of amides is 1. The summed E-state index contributed by atoms with van der Waals surface area (Å²) >= 11 is 3.25. The third kappa shape index (κ3) is 4.11. The molecule has 0 N–H and O–H groups in total. The Bertz CT molecular complexity index is 1490. The molecule has 35 heavy (non-hydrogen) atoms. The molecular formula is C27H26N4O2S2. The predicted octanol–water partition coefficient (Wildman–Crippen LogP) is 5.55. The maximum absolute atomic E-state index is 12.8. The maximum atomic E-state index is 12.8. The Hall–Kier alpha value is -3.20. The lowest BCUT2D eigenvalue weighted by Gasteiger charge is -2.34. The summed E-state index contributed by atoms with van der Waals surface area (Å²) in [5, 5.41) is 1.96. The second-order valence-electron chi connectivity index (χ2n) is 8.87. The van der Waals surface area contributed by atoms with Crippen molar-refractivity contribution in [2.75, 3.05) is 33.3 Å². The highest BCUT2D eigenvalue weighted by atomic mass is 32.1. The van der Waals surface area contributed by atoms with E-state index in [1.807, 2.05) is 34.5 Å². The quantitative estimate of drug-likeness (QED) is 0.316. The van der Waals surface area contributed by atoms with E-state index in [1.54, 1.807) is 18.4 Å². The molecule has 1 aliphatic rings. The third-order valence-electron chi connectivity index (χ3n) is 6.63. The number of thiazole rings is 1. The van der Waals surface area contributed by atoms with E-state index in [4.69, 9.17) is 9.72 Å². The first kappa shape index (κ1) is 22.3. The average molecular weight is 503 g/mol. The van der Waals surface area contributed by atoms with Crippen molar-refractivity contribution in [3.8, 4) is 17.0 Å². The van der Waals surface area contributed by atoms with Crippen molar-refractivity contribution >= 4 is 43.8 Å². The first-order valence-electron chi connectivity index (χ1n) is 11.7. The van der Waals surface area contributed by atoms with Gasteiger partial charge in [0.05, 0.1) is 33.6 Å². The molecule has 1 aliphatic heterocycles. The molecule has 6 rings (SSSR count). The van der Waals surface area contributed by atoms with Crippen LogP contribution in [0.5, 0.6) is 5.75 Å². The number of ether oxygens (including phenoxy) is 1. The Balaban J connectivity index is 1.33. The summed E-state index contributed by atoms with van der Waals surface area (Å²) in [6.07, 6.45) is 0. The highest BCUT2D eigenvalue weighted by Crippen LogP contribution is 2.35. The van der Waals surface area contributed by atoms with Gasteiger partial charge in [-0.3, -0.25) is 14.1 Å². The Morgan fingerprint density at radius 2 is 1.86 bits per heavy atom. The standard InChI is InChI=1S/C27H26N4O2S2/c1-18-5-10-21-24(16-18)35-27-28-25(19-6-8-20(33-2)9-7-19)22(31(21)27)17-29-11-13-30(14-12-29)26(32)23-4-3-15-34-23/h3-10,15-16H,11-14,17H2,1-2H3. The number of fused-ring (bicyclic) bond motifs is 3. The van der Waals surface area contributed by atoms with Gasteiger partial charge in [-0.1, -0.05) is 23.5 Å². The number of imidazole rings is 1. The summed E-state index contributed by atoms with van der Waals surface area (Å²) in [6.45, 7) is 6.06. The van der Waals surface area contributed by atoms with Gasteiger partial charge in [0.25, 0.3) is 5.91 Å². The highest BCUT2D eigenvalue weighted by molar-refractivity contribution is 7.23. The van der Waals surface area contributed by atoms with Crippen molar-refractivity contribution in [2.45, 2.75) is 13.5 Å². The Kier molecular flexibility index (Phi) is 5.80. The first-order chi connectivity index (χ1) is 17.1. The number of benzene rings is 2. The summed E-state index contributed by atoms with van der Waals surface area (Å²) in [5.74, 6) is 0.980. The van der Waals surface area contributed by atoms with Crippen LogP contribution in [0, 0.1) is 6.92 Å². The number of methoxy groups -OCH3 is 1. The van der Waals surface area contributed by atoms with E-state index in [-0.39, 0.29) is 5.91 Å². The molecule has 0 spiro atoms. The molecule has 1 amide bonds. The van der Waals surface area contributed by atoms with Crippen LogP contribution in [0.4, 0.5) is 0 Å². The summed E-state index contributed by atoms with van der Waals surface area (Å²) in [7, 11) is 1.68. The third-order valence-corrected chi connectivity index (χ3v) is 8.49. The van der Waals surface area contributed by atoms with Crippen LogP contribution < -0.4 is 4.74 Å². The van der Waals surface area contributed by atoms with Crippen LogP contribution >= 0.6 is 22.7 Å². The van der Waals surface area contributed by atoms with Gasteiger partial charge in [-0.15, -0.1) is 11.3 Å². The van der Waals surface area contributed by atoms with E-state index in [0.717, 1.165) is 59.6 Å². The summed E-state index contributed by atoms with van der Waals surface area (Å²) in [5.41, 5.74) is 5.75. The zero-order valence-electron chi connectivity index (χ0n) is 19.7. The Morgan fingerprint density at radius 1 is 1.06 bits per heavy atom. The predicted molar refractivity (Wildman–Crippen MR) is 143 cm³/mol. The first-order valence-corrected chi connectivity index (χ1v) is 13.4. The fourth-order valence-corrected chi connectivity index (χ4v) is 6.57. The molecule has 178 valence electrons. The van der Waals surface area contributed by atoms with E-state index in [0.29, 0.717) is 0 Å². The van der Waals surface area contributed by atoms with Crippen LogP contribution in [0.3, 0.4) is 0 Å². The van der Waals surface area contributed by atoms with Crippen LogP contribution in [-0.2, 0) is 6.54 Å². The fourth-order valence-electron chi connectivity index (χ4n) is 4.74. The van der Waals surface area contributed by atoms with Crippen LogP contribution in [0.2, 0.25) is 0 Å². The molecule has 6 nitrogen and oxygen atoms in total. The zero-order chi connectivity index (χ0) is 23.9. The molecule has 5 aromatic rings. The van der Waals surface area contributed by atoms with Gasteiger partial charge in [0.1, 0.15) is 5.75 Å². The molecule has 3 aromatic heterocycles. The molecule has 2 aromatic carbocycles. The lowest BCUT2D eigenvalue weighted by Crippen LogP contribution is -2.48. The SMILES string of the molecule is COc1ccc(-c2nc3sc4cc(C)ccc4n3c2CN2CCN(C(=O)c3cccs3)CC2)cc1. The van der Waals surface area contributed by atoms with E-state index < -0.39 is 0 Å². The van der Waals surface area contributed by atoms with Gasteiger partial charge in [0.2, 0.25) is 0 Å². The van der Waals surface area contributed by atoms with Gasteiger partial charge in [0.15, 0.2) is 4.96 Å². The molecular weight excluding hydrogens is 476 g/mol. The van der Waals surface area contributed by atoms with Gasteiger partial charge in [-0.2, -0.15) is 0 Å². The molecule has 8 heteroatoms. The number of nitrogens with zero attached hydrogens (tertiary/aromatic N) is 4. The van der Waals surface area contributed by atoms with Crippen LogP contribution in [-0.4, -0.2) is 58.4 Å². The van der Waals surface area contributed by atoms with Crippen molar-refractivity contribution in [2.24, 2.45) is 0 Å². The molecule has 0 bridgehead atoms. The van der Waals surface area contributed by atoms with Gasteiger partial charge >= 0.3 is 0 Å². The van der Waals surface area contributed by atoms with Crippen LogP contribution in [0.1, 0.15) is 20.9 Å². The molecule has 4 heterocycles. The van der Waals surface area contributed by atoms with Crippen LogP contribution in [0.15, 0.2) is 60.0 Å². The van der Waals surface area contributed by atoms with Crippen LogP contribution in [0.25, 0.3) is 26.4 Å². The van der Waals surface area contributed by atoms with Crippen molar-refractivity contribution in [3.05, 3.63) is 76.1 Å². The number of carbonyl (C=O) groups is 1. The molecule has 0 radical (unpaired) electrons. The van der Waals surface area contributed by atoms with E-state index in [9.17, 15) is 4.79 Å². The zero-order valence-corrected chi connectivity index (χ0v) is 21.4. The van der Waals surface area contributed by atoms with Gasteiger partial charge in [-0.05, 0) is 60.3 Å². The number of carbonyl (C=O) groups excluding carboxylic acids is 1. The minimum absolute atomic E-state index is 0.143. The molecule has 1 saturated heterocycles. The topological polar surface area (TPSA) is 50.1 Å². The largest absolute Gasteiger partial charge is 0.497 e. The second-order valence-corrected chi connectivity index (χ2v) is 10.8. The van der Waals surface area contributed by atoms with Crippen molar-refractivity contribution < 1.29 is 9.53 Å². The van der Waals surface area contributed by atoms with Crippen molar-refractivity contribution in [3.63, 3.8) is 0 Å². The van der Waals surface area contributed by atoms with E-state index >= 15 is 0 Å². The Labute approximate surface area is 212 Å². The molecule has 0 unspecified atom stereocenters. The minimum atomic E-state index is 0.143. The van der Waals surface area contributed by atoms with Crippen molar-refractivity contribution in [1.29, 1.82) is 0 Å². The lowest BCUT2D eigenvalue weighted by molar-refractivity contribution is 0.0632. The minimum Gasteiger partial charge on any atom is -0.497 e. The fraction of sp³-hybridized carbons (Fsp3) is 0.259. The monoisotopic (exact) mass is 502 g/mol. The normalized spacial score (nSPS) is 14.7. The van der Waals surface area contributed by atoms with Gasteiger partial charge in [-0.25, -0.2) is 4.98 Å². The maximum Gasteiger partial charge on any atom is 0.264 e. The molecule has 0 atom stereocenters. The average Bonchev–Trinajstić information content (AvgIpc) is 3.61. The van der Waals surface area contributed by atoms with E-state index in [2.05, 4.69) is 46.6 Å². The van der Waals surface area contributed by atoms with Gasteiger partial charge in [0, 0.05) is 38.3 Å². The number of aryl methyl sites for hydroxylation is 1. The summed E-state index contributed by atoms with van der Waals surface area (Å²) in [6, 6.07) is 18.6. The number of thiophene rings is 1. The lowest BCUT2D eigenvalue weighted by atomic mass is 10.1. The number of hydrogen-bond acceptors (Lipinski definition) is 6.